The van der Waals surface area contributed by atoms with Crippen LogP contribution in [0.5, 0.6) is 5.88 Å². The van der Waals surface area contributed by atoms with Crippen molar-refractivity contribution < 1.29 is 18.3 Å². The molecule has 0 N–H and O–H groups in total. The first kappa shape index (κ1) is 29.1. The second-order valence-corrected chi connectivity index (χ2v) is 13.2. The Morgan fingerprint density at radius 2 is 1.91 bits per heavy atom. The summed E-state index contributed by atoms with van der Waals surface area (Å²) in [7, 11) is 0. The van der Waals surface area contributed by atoms with Gasteiger partial charge in [0.15, 0.2) is 11.6 Å². The molecule has 0 unspecified atom stereocenters. The molecule has 8 rings (SSSR count). The lowest BCUT2D eigenvalue weighted by Gasteiger charge is -2.48. The van der Waals surface area contributed by atoms with E-state index in [0.29, 0.717) is 53.2 Å². The van der Waals surface area contributed by atoms with Gasteiger partial charge in [0.1, 0.15) is 29.5 Å². The minimum atomic E-state index is -0.999. The van der Waals surface area contributed by atoms with E-state index in [1.54, 1.807) is 18.3 Å². The van der Waals surface area contributed by atoms with Crippen molar-refractivity contribution in [3.8, 4) is 23.2 Å². The Morgan fingerprint density at radius 3 is 2.65 bits per heavy atom. The van der Waals surface area contributed by atoms with Crippen LogP contribution in [0.25, 0.3) is 32.9 Å². The maximum atomic E-state index is 16.8. The summed E-state index contributed by atoms with van der Waals surface area (Å²) in [6.45, 7) is 6.27. The van der Waals surface area contributed by atoms with Crippen LogP contribution in [0.1, 0.15) is 37.7 Å². The van der Waals surface area contributed by atoms with Gasteiger partial charge < -0.3 is 14.5 Å². The van der Waals surface area contributed by atoms with Crippen LogP contribution in [0, 0.1) is 17.1 Å². The number of halogens is 3. The highest BCUT2D eigenvalue weighted by Crippen LogP contribution is 2.46. The predicted molar refractivity (Wildman–Crippen MR) is 172 cm³/mol. The van der Waals surface area contributed by atoms with Gasteiger partial charge in [-0.15, -0.1) is 0 Å². The standard InChI is InChI=1S/C35H31ClF2N6O2/c1-20(37)34(45)43-15-10-26-27(43)18-44(26)32-23(16-39)33(46-19-35-11-4-13-42(35)14-5-12-35)41-31-24(32)17-40-30(29(31)38)22-8-2-6-21-7-3-9-25(36)28(21)22/h2-3,6-9,17,26-27H,1,4-5,10-15,18-19H2/t26-,27-/m1/s1. The fraction of sp³-hybridized carbons (Fsp3) is 0.371. The first-order valence-electron chi connectivity index (χ1n) is 15.7. The second-order valence-electron chi connectivity index (χ2n) is 12.8. The molecule has 46 heavy (non-hydrogen) atoms. The lowest BCUT2D eigenvalue weighted by Crippen LogP contribution is -2.63. The highest BCUT2D eigenvalue weighted by atomic mass is 35.5. The Kier molecular flexibility index (Phi) is 6.89. The van der Waals surface area contributed by atoms with E-state index < -0.39 is 17.6 Å². The van der Waals surface area contributed by atoms with Crippen LogP contribution in [-0.2, 0) is 4.79 Å². The van der Waals surface area contributed by atoms with Gasteiger partial charge in [0.05, 0.1) is 23.3 Å². The predicted octanol–water partition coefficient (Wildman–Crippen LogP) is 6.39. The number of amides is 1. The lowest BCUT2D eigenvalue weighted by molar-refractivity contribution is -0.130. The molecule has 2 atom stereocenters. The molecule has 11 heteroatoms. The van der Waals surface area contributed by atoms with Gasteiger partial charge >= 0.3 is 0 Å². The van der Waals surface area contributed by atoms with Crippen molar-refractivity contribution in [3.05, 3.63) is 71.4 Å². The SMILES string of the molecule is C=C(F)C(=O)N1CC[C@@H]2[C@H]1CN2c1c(C#N)c(OCC23CCCN2CCC3)nc2c(F)c(-c3cccc4cccc(Cl)c34)ncc12. The number of likely N-dealkylation sites (tertiary alicyclic amines) is 1. The third kappa shape index (κ3) is 4.28. The summed E-state index contributed by atoms with van der Waals surface area (Å²) in [5.74, 6) is -2.28. The van der Waals surface area contributed by atoms with Crippen LogP contribution in [-0.4, -0.2) is 76.1 Å². The third-order valence-corrected chi connectivity index (χ3v) is 10.8. The number of anilines is 1. The fourth-order valence-corrected chi connectivity index (χ4v) is 8.57. The van der Waals surface area contributed by atoms with Crippen LogP contribution < -0.4 is 9.64 Å². The molecule has 0 saturated carbocycles. The van der Waals surface area contributed by atoms with E-state index in [-0.39, 0.29) is 40.3 Å². The van der Waals surface area contributed by atoms with Gasteiger partial charge in [0.25, 0.3) is 5.91 Å². The largest absolute Gasteiger partial charge is 0.475 e. The highest BCUT2D eigenvalue weighted by Gasteiger charge is 2.51. The molecule has 0 spiro atoms. The Bertz CT molecular complexity index is 1980. The van der Waals surface area contributed by atoms with Gasteiger partial charge in [0, 0.05) is 40.6 Å². The molecule has 2 aromatic heterocycles. The molecular weight excluding hydrogens is 610 g/mol. The van der Waals surface area contributed by atoms with E-state index in [9.17, 15) is 14.4 Å². The fourth-order valence-electron chi connectivity index (χ4n) is 8.29. The Labute approximate surface area is 269 Å². The van der Waals surface area contributed by atoms with E-state index in [1.807, 2.05) is 29.2 Å². The first-order chi connectivity index (χ1) is 22.3. The summed E-state index contributed by atoms with van der Waals surface area (Å²) < 4.78 is 37.1. The molecule has 0 bridgehead atoms. The van der Waals surface area contributed by atoms with Crippen molar-refractivity contribution in [2.45, 2.75) is 49.7 Å². The number of carbonyl (C=O) groups is 1. The number of nitriles is 1. The third-order valence-electron chi connectivity index (χ3n) is 10.5. The topological polar surface area (TPSA) is 85.6 Å². The number of hydrogen-bond donors (Lipinski definition) is 0. The number of fused-ring (bicyclic) bond motifs is 4. The normalized spacial score (nSPS) is 21.7. The van der Waals surface area contributed by atoms with Crippen molar-refractivity contribution in [2.24, 2.45) is 0 Å². The van der Waals surface area contributed by atoms with Gasteiger partial charge in [-0.05, 0) is 56.6 Å². The van der Waals surface area contributed by atoms with Gasteiger partial charge in [-0.2, -0.15) is 5.26 Å². The minimum absolute atomic E-state index is 0.0387. The van der Waals surface area contributed by atoms with Crippen molar-refractivity contribution >= 4 is 44.9 Å². The number of ether oxygens (including phenoxy) is 1. The molecule has 234 valence electrons. The van der Waals surface area contributed by atoms with E-state index in [1.165, 1.54) is 4.90 Å². The van der Waals surface area contributed by atoms with Crippen molar-refractivity contribution in [3.63, 3.8) is 0 Å². The summed E-state index contributed by atoms with van der Waals surface area (Å²) in [5.41, 5.74) is 1.22. The van der Waals surface area contributed by atoms with Crippen LogP contribution in [0.4, 0.5) is 14.5 Å². The molecule has 8 nitrogen and oxygen atoms in total. The number of hydrogen-bond acceptors (Lipinski definition) is 7. The summed E-state index contributed by atoms with van der Waals surface area (Å²) in [6, 6.07) is 12.9. The average molecular weight is 641 g/mol. The quantitative estimate of drug-likeness (QED) is 0.226. The highest BCUT2D eigenvalue weighted by molar-refractivity contribution is 6.36. The molecule has 4 aliphatic heterocycles. The monoisotopic (exact) mass is 640 g/mol. The van der Waals surface area contributed by atoms with Crippen molar-refractivity contribution in [2.75, 3.05) is 37.7 Å². The maximum Gasteiger partial charge on any atom is 0.282 e. The second kappa shape index (κ2) is 10.9. The van der Waals surface area contributed by atoms with Crippen LogP contribution in [0.3, 0.4) is 0 Å². The van der Waals surface area contributed by atoms with E-state index in [2.05, 4.69) is 22.5 Å². The van der Waals surface area contributed by atoms with Crippen molar-refractivity contribution in [1.82, 2.24) is 19.8 Å². The van der Waals surface area contributed by atoms with Crippen molar-refractivity contribution in [1.29, 1.82) is 5.26 Å². The molecule has 4 aromatic rings. The lowest BCUT2D eigenvalue weighted by atomic mass is 9.93. The minimum Gasteiger partial charge on any atom is -0.475 e. The summed E-state index contributed by atoms with van der Waals surface area (Å²) in [6.07, 6.45) is 6.28. The average Bonchev–Trinajstić information content (AvgIpc) is 3.72. The summed E-state index contributed by atoms with van der Waals surface area (Å²) in [4.78, 5) is 27.7. The molecule has 1 amide bonds. The number of pyridine rings is 2. The molecule has 4 aliphatic rings. The Hall–Kier alpha value is -4.33. The van der Waals surface area contributed by atoms with Crippen LogP contribution >= 0.6 is 11.6 Å². The van der Waals surface area contributed by atoms with Crippen LogP contribution in [0.15, 0.2) is 55.0 Å². The summed E-state index contributed by atoms with van der Waals surface area (Å²) >= 11 is 6.60. The zero-order valence-corrected chi connectivity index (χ0v) is 25.9. The zero-order chi connectivity index (χ0) is 31.7. The van der Waals surface area contributed by atoms with Crippen LogP contribution in [0.2, 0.25) is 5.02 Å². The molecule has 0 aliphatic carbocycles. The van der Waals surface area contributed by atoms with E-state index in [4.69, 9.17) is 21.3 Å². The maximum absolute atomic E-state index is 16.8. The molecule has 0 radical (unpaired) electrons. The summed E-state index contributed by atoms with van der Waals surface area (Å²) in [5, 5.41) is 12.9. The molecule has 2 aromatic carbocycles. The first-order valence-corrected chi connectivity index (χ1v) is 16.1. The number of aromatic nitrogens is 2. The molecular formula is C35H31ClF2N6O2. The Balaban J connectivity index is 1.27. The number of rotatable bonds is 6. The number of carbonyl (C=O) groups excluding carboxylic acids is 1. The molecule has 6 heterocycles. The zero-order valence-electron chi connectivity index (χ0n) is 25.1. The Morgan fingerprint density at radius 1 is 1.15 bits per heavy atom. The number of nitrogens with zero attached hydrogens (tertiary/aromatic N) is 6. The number of benzene rings is 2. The smallest absolute Gasteiger partial charge is 0.282 e. The van der Waals surface area contributed by atoms with E-state index >= 15 is 4.39 Å². The van der Waals surface area contributed by atoms with Gasteiger partial charge in [-0.25, -0.2) is 13.8 Å². The van der Waals surface area contributed by atoms with Gasteiger partial charge in [-0.3, -0.25) is 14.7 Å². The molecule has 4 saturated heterocycles. The van der Waals surface area contributed by atoms with Gasteiger partial charge in [-0.1, -0.05) is 48.5 Å². The molecule has 4 fully saturated rings. The van der Waals surface area contributed by atoms with Gasteiger partial charge in [0.2, 0.25) is 5.88 Å². The van der Waals surface area contributed by atoms with E-state index in [0.717, 1.165) is 44.2 Å².